The van der Waals surface area contributed by atoms with Crippen molar-refractivity contribution in [2.24, 2.45) is 5.92 Å². The van der Waals surface area contributed by atoms with Gasteiger partial charge in [0.15, 0.2) is 0 Å². The van der Waals surface area contributed by atoms with Gasteiger partial charge in [-0.25, -0.2) is 4.98 Å². The fourth-order valence-electron chi connectivity index (χ4n) is 2.02. The number of aromatic nitrogens is 2. The zero-order valence-electron chi connectivity index (χ0n) is 10.2. The molecule has 4 heteroatoms. The lowest BCUT2D eigenvalue weighted by Crippen LogP contribution is -2.08. The summed E-state index contributed by atoms with van der Waals surface area (Å²) in [7, 11) is 1.63. The highest BCUT2D eigenvalue weighted by atomic mass is 16.5. The van der Waals surface area contributed by atoms with E-state index in [0.717, 1.165) is 17.6 Å². The van der Waals surface area contributed by atoms with Gasteiger partial charge in [0.1, 0.15) is 11.6 Å². The van der Waals surface area contributed by atoms with Gasteiger partial charge in [0.25, 0.3) is 0 Å². The first kappa shape index (κ1) is 11.2. The molecule has 88 valence electrons. The first-order valence-electron chi connectivity index (χ1n) is 5.89. The molecule has 0 bridgehead atoms. The van der Waals surface area contributed by atoms with Crippen LogP contribution in [0.2, 0.25) is 0 Å². The Labute approximate surface area is 96.4 Å². The second kappa shape index (κ2) is 4.68. The second-order valence-corrected chi connectivity index (χ2v) is 4.38. The van der Waals surface area contributed by atoms with Crippen molar-refractivity contribution >= 4 is 5.82 Å². The van der Waals surface area contributed by atoms with E-state index in [1.54, 1.807) is 7.11 Å². The summed E-state index contributed by atoms with van der Waals surface area (Å²) >= 11 is 0. The van der Waals surface area contributed by atoms with E-state index >= 15 is 0 Å². The Morgan fingerprint density at radius 2 is 2.31 bits per heavy atom. The van der Waals surface area contributed by atoms with Gasteiger partial charge in [-0.1, -0.05) is 13.3 Å². The standard InChI is InChI=1S/C12H19N3O/c1-4-5-9-6-10(9)15-11-7-12(16-3)14-8(2)13-11/h7,9-10H,4-6H2,1-3H3,(H,13,14,15). The van der Waals surface area contributed by atoms with Crippen molar-refractivity contribution < 1.29 is 4.74 Å². The van der Waals surface area contributed by atoms with Crippen LogP contribution in [0.1, 0.15) is 32.0 Å². The number of methoxy groups -OCH3 is 1. The van der Waals surface area contributed by atoms with Gasteiger partial charge in [-0.3, -0.25) is 0 Å². The molecule has 1 saturated carbocycles. The van der Waals surface area contributed by atoms with Gasteiger partial charge in [-0.05, 0) is 25.7 Å². The van der Waals surface area contributed by atoms with E-state index in [-0.39, 0.29) is 0 Å². The molecule has 0 saturated heterocycles. The summed E-state index contributed by atoms with van der Waals surface area (Å²) < 4.78 is 5.12. The van der Waals surface area contributed by atoms with E-state index in [1.807, 2.05) is 13.0 Å². The van der Waals surface area contributed by atoms with Crippen molar-refractivity contribution in [1.82, 2.24) is 9.97 Å². The Kier molecular flexibility index (Phi) is 3.27. The summed E-state index contributed by atoms with van der Waals surface area (Å²) in [5.74, 6) is 3.08. The molecule has 1 fully saturated rings. The minimum atomic E-state index is 0.596. The highest BCUT2D eigenvalue weighted by Gasteiger charge is 2.36. The average Bonchev–Trinajstić information content (AvgIpc) is 2.96. The molecule has 1 aliphatic carbocycles. The van der Waals surface area contributed by atoms with Crippen LogP contribution in [0.15, 0.2) is 6.07 Å². The zero-order chi connectivity index (χ0) is 11.5. The third kappa shape index (κ3) is 2.62. The number of hydrogen-bond donors (Lipinski definition) is 1. The van der Waals surface area contributed by atoms with Crippen LogP contribution in [-0.2, 0) is 0 Å². The van der Waals surface area contributed by atoms with Gasteiger partial charge >= 0.3 is 0 Å². The van der Waals surface area contributed by atoms with Gasteiger partial charge in [0, 0.05) is 12.1 Å². The third-order valence-corrected chi connectivity index (χ3v) is 2.94. The maximum absolute atomic E-state index is 5.12. The van der Waals surface area contributed by atoms with Crippen molar-refractivity contribution in [3.8, 4) is 5.88 Å². The van der Waals surface area contributed by atoms with Crippen LogP contribution in [0.5, 0.6) is 5.88 Å². The first-order chi connectivity index (χ1) is 7.72. The van der Waals surface area contributed by atoms with Gasteiger partial charge in [0.2, 0.25) is 5.88 Å². The van der Waals surface area contributed by atoms with Crippen LogP contribution in [0, 0.1) is 12.8 Å². The summed E-state index contributed by atoms with van der Waals surface area (Å²) in [5.41, 5.74) is 0. The Morgan fingerprint density at radius 1 is 1.50 bits per heavy atom. The summed E-state index contributed by atoms with van der Waals surface area (Å²) in [6.45, 7) is 4.11. The highest BCUT2D eigenvalue weighted by molar-refractivity contribution is 5.41. The molecule has 2 atom stereocenters. The average molecular weight is 221 g/mol. The molecule has 0 amide bonds. The number of anilines is 1. The molecule has 0 aliphatic heterocycles. The van der Waals surface area contributed by atoms with Crippen LogP contribution in [-0.4, -0.2) is 23.1 Å². The first-order valence-corrected chi connectivity index (χ1v) is 5.89. The molecule has 0 radical (unpaired) electrons. The molecular formula is C12H19N3O. The van der Waals surface area contributed by atoms with Crippen LogP contribution in [0.4, 0.5) is 5.82 Å². The van der Waals surface area contributed by atoms with Crippen LogP contribution >= 0.6 is 0 Å². The van der Waals surface area contributed by atoms with E-state index < -0.39 is 0 Å². The molecule has 1 heterocycles. The quantitative estimate of drug-likeness (QED) is 0.829. The maximum atomic E-state index is 5.12. The van der Waals surface area contributed by atoms with Crippen molar-refractivity contribution in [1.29, 1.82) is 0 Å². The van der Waals surface area contributed by atoms with Gasteiger partial charge < -0.3 is 10.1 Å². The Morgan fingerprint density at radius 3 is 3.00 bits per heavy atom. The smallest absolute Gasteiger partial charge is 0.218 e. The van der Waals surface area contributed by atoms with Crippen molar-refractivity contribution in [2.75, 3.05) is 12.4 Å². The molecule has 16 heavy (non-hydrogen) atoms. The SMILES string of the molecule is CCCC1CC1Nc1cc(OC)nc(C)n1. The predicted octanol–water partition coefficient (Wildman–Crippen LogP) is 2.39. The second-order valence-electron chi connectivity index (χ2n) is 4.38. The van der Waals surface area contributed by atoms with E-state index in [9.17, 15) is 0 Å². The lowest BCUT2D eigenvalue weighted by atomic mass is 10.2. The van der Waals surface area contributed by atoms with Gasteiger partial charge in [-0.15, -0.1) is 0 Å². The Hall–Kier alpha value is -1.32. The molecule has 1 aromatic rings. The molecule has 1 aromatic heterocycles. The lowest BCUT2D eigenvalue weighted by Gasteiger charge is -2.07. The van der Waals surface area contributed by atoms with E-state index in [0.29, 0.717) is 11.9 Å². The van der Waals surface area contributed by atoms with Crippen molar-refractivity contribution in [2.45, 2.75) is 39.2 Å². The van der Waals surface area contributed by atoms with Crippen molar-refractivity contribution in [3.63, 3.8) is 0 Å². The van der Waals surface area contributed by atoms with Crippen molar-refractivity contribution in [3.05, 3.63) is 11.9 Å². The lowest BCUT2D eigenvalue weighted by molar-refractivity contribution is 0.396. The number of nitrogens with zero attached hydrogens (tertiary/aromatic N) is 2. The number of nitrogens with one attached hydrogen (secondary N) is 1. The zero-order valence-corrected chi connectivity index (χ0v) is 10.2. The molecule has 0 aromatic carbocycles. The van der Waals surface area contributed by atoms with E-state index in [1.165, 1.54) is 19.3 Å². The van der Waals surface area contributed by atoms with Crippen LogP contribution in [0.3, 0.4) is 0 Å². The molecule has 2 unspecified atom stereocenters. The van der Waals surface area contributed by atoms with Crippen LogP contribution in [0.25, 0.3) is 0 Å². The number of aryl methyl sites for hydroxylation is 1. The molecule has 4 nitrogen and oxygen atoms in total. The topological polar surface area (TPSA) is 47.0 Å². The largest absolute Gasteiger partial charge is 0.481 e. The summed E-state index contributed by atoms with van der Waals surface area (Å²) in [4.78, 5) is 8.52. The van der Waals surface area contributed by atoms with Gasteiger partial charge in [0.05, 0.1) is 7.11 Å². The number of rotatable bonds is 5. The minimum absolute atomic E-state index is 0.596. The normalized spacial score (nSPS) is 22.9. The summed E-state index contributed by atoms with van der Waals surface area (Å²) in [5, 5.41) is 3.44. The number of hydrogen-bond acceptors (Lipinski definition) is 4. The fourth-order valence-corrected chi connectivity index (χ4v) is 2.02. The fraction of sp³-hybridized carbons (Fsp3) is 0.667. The molecule has 1 N–H and O–H groups in total. The maximum Gasteiger partial charge on any atom is 0.218 e. The minimum Gasteiger partial charge on any atom is -0.481 e. The Balaban J connectivity index is 1.97. The molecular weight excluding hydrogens is 202 g/mol. The predicted molar refractivity (Wildman–Crippen MR) is 63.7 cm³/mol. The van der Waals surface area contributed by atoms with Crippen LogP contribution < -0.4 is 10.1 Å². The molecule has 1 aliphatic rings. The molecule has 0 spiro atoms. The Bertz CT molecular complexity index is 367. The highest BCUT2D eigenvalue weighted by Crippen LogP contribution is 2.37. The summed E-state index contributed by atoms with van der Waals surface area (Å²) in [6, 6.07) is 2.45. The third-order valence-electron chi connectivity index (χ3n) is 2.94. The molecule has 2 rings (SSSR count). The summed E-state index contributed by atoms with van der Waals surface area (Å²) in [6.07, 6.45) is 3.83. The van der Waals surface area contributed by atoms with E-state index in [4.69, 9.17) is 4.74 Å². The monoisotopic (exact) mass is 221 g/mol. The van der Waals surface area contributed by atoms with Gasteiger partial charge in [-0.2, -0.15) is 4.98 Å². The number of ether oxygens (including phenoxy) is 1. The van der Waals surface area contributed by atoms with E-state index in [2.05, 4.69) is 22.2 Å².